The molecule has 0 bridgehead atoms. The fraction of sp³-hybridized carbons (Fsp3) is 0.688. The lowest BCUT2D eigenvalue weighted by Gasteiger charge is -2.27. The van der Waals surface area contributed by atoms with E-state index < -0.39 is 0 Å². The number of thiophene rings is 1. The second kappa shape index (κ2) is 9.84. The van der Waals surface area contributed by atoms with E-state index >= 15 is 0 Å². The molecule has 1 saturated carbocycles. The maximum atomic E-state index is 12.2. The van der Waals surface area contributed by atoms with E-state index in [1.165, 1.54) is 10.4 Å². The topological polar surface area (TPSA) is 58.4 Å². The van der Waals surface area contributed by atoms with Crippen LogP contribution in [0.5, 0.6) is 0 Å². The molecular weight excluding hydrogens is 353 g/mol. The Kier molecular flexibility index (Phi) is 8.86. The molecule has 0 aromatic carbocycles. The van der Waals surface area contributed by atoms with Crippen molar-refractivity contribution in [1.29, 1.82) is 0 Å². The first kappa shape index (κ1) is 20.7. The summed E-state index contributed by atoms with van der Waals surface area (Å²) in [5, 5.41) is 5.30. The van der Waals surface area contributed by atoms with Crippen LogP contribution < -0.4 is 11.1 Å². The summed E-state index contributed by atoms with van der Waals surface area (Å²) in [6, 6.07) is 2.23. The third-order valence-corrected chi connectivity index (χ3v) is 5.94. The van der Waals surface area contributed by atoms with Crippen LogP contribution in [0.15, 0.2) is 11.4 Å². The lowest BCUT2D eigenvalue weighted by atomic mass is 9.95. The summed E-state index contributed by atoms with van der Waals surface area (Å²) in [4.78, 5) is 16.2. The first-order chi connectivity index (χ1) is 10.3. The van der Waals surface area contributed by atoms with Crippen molar-refractivity contribution >= 4 is 42.1 Å². The van der Waals surface area contributed by atoms with E-state index in [4.69, 9.17) is 5.73 Å². The highest BCUT2D eigenvalue weighted by atomic mass is 35.5. The number of nitrogens with zero attached hydrogens (tertiary/aromatic N) is 1. The Balaban J connectivity index is 0.00000132. The van der Waals surface area contributed by atoms with Crippen LogP contribution in [-0.2, 0) is 17.8 Å². The fourth-order valence-electron chi connectivity index (χ4n) is 3.63. The summed E-state index contributed by atoms with van der Waals surface area (Å²) in [5.74, 6) is 0.768. The van der Waals surface area contributed by atoms with Gasteiger partial charge in [-0.25, -0.2) is 0 Å². The number of carbonyl (C=O) groups excluding carboxylic acids is 1. The van der Waals surface area contributed by atoms with Gasteiger partial charge in [-0.05, 0) is 48.7 Å². The standard InChI is InChI=1S/C16H25N3OS.2ClH/c17-10-12-2-1-3-14(12)16(20)18-6-8-19-7-4-15-13(11-19)5-9-21-15;;/h5,9,12,14H,1-4,6-8,10-11,17H2,(H,18,20);2*1H/t12-,14-;;/m1../s1. The summed E-state index contributed by atoms with van der Waals surface area (Å²) >= 11 is 1.87. The third kappa shape index (κ3) is 5.07. The molecule has 1 aliphatic heterocycles. The maximum absolute atomic E-state index is 12.2. The quantitative estimate of drug-likeness (QED) is 0.825. The van der Waals surface area contributed by atoms with E-state index in [9.17, 15) is 4.79 Å². The van der Waals surface area contributed by atoms with Crippen molar-refractivity contribution in [3.8, 4) is 0 Å². The van der Waals surface area contributed by atoms with Gasteiger partial charge in [-0.3, -0.25) is 9.69 Å². The Hall–Kier alpha value is -0.330. The van der Waals surface area contributed by atoms with Crippen molar-refractivity contribution in [2.75, 3.05) is 26.2 Å². The van der Waals surface area contributed by atoms with Gasteiger partial charge in [0.05, 0.1) is 0 Å². The van der Waals surface area contributed by atoms with Gasteiger partial charge in [-0.1, -0.05) is 6.42 Å². The van der Waals surface area contributed by atoms with E-state index in [2.05, 4.69) is 21.7 Å². The Labute approximate surface area is 155 Å². The zero-order chi connectivity index (χ0) is 14.7. The fourth-order valence-corrected chi connectivity index (χ4v) is 4.52. The van der Waals surface area contributed by atoms with Crippen molar-refractivity contribution in [2.45, 2.75) is 32.2 Å². The van der Waals surface area contributed by atoms with Crippen LogP contribution in [0.4, 0.5) is 0 Å². The molecule has 1 aromatic rings. The van der Waals surface area contributed by atoms with Gasteiger partial charge in [-0.2, -0.15) is 0 Å². The Morgan fingerprint density at radius 2 is 2.22 bits per heavy atom. The number of fused-ring (bicyclic) bond motifs is 1. The minimum atomic E-state index is 0. The molecule has 1 aromatic heterocycles. The summed E-state index contributed by atoms with van der Waals surface area (Å²) < 4.78 is 0. The van der Waals surface area contributed by atoms with Gasteiger partial charge in [0.25, 0.3) is 0 Å². The van der Waals surface area contributed by atoms with Crippen LogP contribution in [0.3, 0.4) is 0 Å². The second-order valence-electron chi connectivity index (χ2n) is 6.22. The molecule has 0 radical (unpaired) electrons. The van der Waals surface area contributed by atoms with E-state index in [-0.39, 0.29) is 36.6 Å². The van der Waals surface area contributed by atoms with Gasteiger partial charge < -0.3 is 11.1 Å². The van der Waals surface area contributed by atoms with E-state index in [1.807, 2.05) is 11.3 Å². The van der Waals surface area contributed by atoms with Crippen LogP contribution in [0.2, 0.25) is 0 Å². The lowest BCUT2D eigenvalue weighted by molar-refractivity contribution is -0.126. The van der Waals surface area contributed by atoms with Gasteiger partial charge in [0.15, 0.2) is 0 Å². The smallest absolute Gasteiger partial charge is 0.223 e. The number of carbonyl (C=O) groups is 1. The van der Waals surface area contributed by atoms with Crippen LogP contribution in [0, 0.1) is 11.8 Å². The number of hydrogen-bond donors (Lipinski definition) is 2. The largest absolute Gasteiger partial charge is 0.355 e. The molecule has 7 heteroatoms. The summed E-state index contributed by atoms with van der Waals surface area (Å²) in [6.07, 6.45) is 4.42. The molecule has 1 fully saturated rings. The Bertz CT molecular complexity index is 497. The maximum Gasteiger partial charge on any atom is 0.223 e. The van der Waals surface area contributed by atoms with Gasteiger partial charge in [0.1, 0.15) is 0 Å². The zero-order valence-electron chi connectivity index (χ0n) is 13.3. The lowest BCUT2D eigenvalue weighted by Crippen LogP contribution is -2.40. The minimum absolute atomic E-state index is 0. The highest BCUT2D eigenvalue weighted by Crippen LogP contribution is 2.30. The average molecular weight is 380 g/mol. The molecule has 132 valence electrons. The van der Waals surface area contributed by atoms with Crippen LogP contribution in [0.25, 0.3) is 0 Å². The van der Waals surface area contributed by atoms with Crippen molar-refractivity contribution in [1.82, 2.24) is 10.2 Å². The number of hydrogen-bond acceptors (Lipinski definition) is 4. The van der Waals surface area contributed by atoms with Crippen LogP contribution >= 0.6 is 36.2 Å². The van der Waals surface area contributed by atoms with Crippen molar-refractivity contribution < 1.29 is 4.79 Å². The SMILES string of the molecule is Cl.Cl.NC[C@H]1CCC[C@H]1C(=O)NCCN1CCc2sccc2C1. The molecule has 2 atom stereocenters. The van der Waals surface area contributed by atoms with Gasteiger partial charge in [-0.15, -0.1) is 36.2 Å². The molecule has 23 heavy (non-hydrogen) atoms. The predicted molar refractivity (Wildman–Crippen MR) is 101 cm³/mol. The monoisotopic (exact) mass is 379 g/mol. The van der Waals surface area contributed by atoms with Crippen LogP contribution in [0.1, 0.15) is 29.7 Å². The molecule has 0 saturated heterocycles. The molecule has 2 heterocycles. The zero-order valence-corrected chi connectivity index (χ0v) is 15.8. The summed E-state index contributed by atoms with van der Waals surface area (Å²) in [6.45, 7) is 4.49. The molecule has 1 aliphatic carbocycles. The van der Waals surface area contributed by atoms with Crippen molar-refractivity contribution in [3.05, 3.63) is 21.9 Å². The molecule has 4 nitrogen and oxygen atoms in total. The number of nitrogens with two attached hydrogens (primary N) is 1. The van der Waals surface area contributed by atoms with Crippen LogP contribution in [-0.4, -0.2) is 37.0 Å². The normalized spacial score (nSPS) is 23.5. The number of rotatable bonds is 5. The molecule has 1 amide bonds. The number of nitrogens with one attached hydrogen (secondary N) is 1. The summed E-state index contributed by atoms with van der Waals surface area (Å²) in [5.41, 5.74) is 7.22. The molecule has 0 spiro atoms. The molecule has 2 aliphatic rings. The first-order valence-corrected chi connectivity index (χ1v) is 8.91. The Morgan fingerprint density at radius 3 is 3.00 bits per heavy atom. The number of halogens is 2. The van der Waals surface area contributed by atoms with Gasteiger partial charge in [0, 0.05) is 37.0 Å². The molecule has 0 unspecified atom stereocenters. The van der Waals surface area contributed by atoms with Crippen molar-refractivity contribution in [3.63, 3.8) is 0 Å². The molecule has 3 rings (SSSR count). The highest BCUT2D eigenvalue weighted by molar-refractivity contribution is 7.10. The Morgan fingerprint density at radius 1 is 1.39 bits per heavy atom. The number of amides is 1. The average Bonchev–Trinajstić information content (AvgIpc) is 3.15. The second-order valence-corrected chi connectivity index (χ2v) is 7.22. The van der Waals surface area contributed by atoms with E-state index in [0.717, 1.165) is 51.9 Å². The first-order valence-electron chi connectivity index (χ1n) is 8.03. The van der Waals surface area contributed by atoms with Gasteiger partial charge in [0.2, 0.25) is 5.91 Å². The van der Waals surface area contributed by atoms with Gasteiger partial charge >= 0.3 is 0 Å². The molecular formula is C16H27Cl2N3OS. The van der Waals surface area contributed by atoms with E-state index in [0.29, 0.717) is 12.5 Å². The predicted octanol–water partition coefficient (Wildman–Crippen LogP) is 2.44. The molecule has 3 N–H and O–H groups in total. The minimum Gasteiger partial charge on any atom is -0.355 e. The van der Waals surface area contributed by atoms with E-state index in [1.54, 1.807) is 0 Å². The highest BCUT2D eigenvalue weighted by Gasteiger charge is 2.31. The summed E-state index contributed by atoms with van der Waals surface area (Å²) in [7, 11) is 0. The van der Waals surface area contributed by atoms with Crippen molar-refractivity contribution in [2.24, 2.45) is 17.6 Å². The third-order valence-electron chi connectivity index (χ3n) is 4.91.